The molecule has 1 aliphatic rings. The number of fused-ring (bicyclic) bond motifs is 13. The molecule has 12 aromatic rings. The van der Waals surface area contributed by atoms with Crippen LogP contribution in [-0.4, -0.2) is 0 Å². The lowest BCUT2D eigenvalue weighted by Crippen LogP contribution is -2.14. The van der Waals surface area contributed by atoms with Crippen LogP contribution in [0.3, 0.4) is 0 Å². The number of thiophene rings is 2. The molecule has 0 nitrogen and oxygen atoms in total. The Hall–Kier alpha value is -6.58. The Morgan fingerprint density at radius 2 is 0.814 bits per heavy atom. The van der Waals surface area contributed by atoms with E-state index in [-0.39, 0.29) is 5.41 Å². The molecule has 276 valence electrons. The van der Waals surface area contributed by atoms with Crippen LogP contribution in [0.2, 0.25) is 0 Å². The van der Waals surface area contributed by atoms with E-state index in [9.17, 15) is 0 Å². The Bertz CT molecular complexity index is 3690. The fourth-order valence-corrected chi connectivity index (χ4v) is 12.8. The number of hydrogen-bond donors (Lipinski definition) is 0. The van der Waals surface area contributed by atoms with Gasteiger partial charge in [-0.05, 0) is 118 Å². The molecule has 10 aromatic carbocycles. The summed E-state index contributed by atoms with van der Waals surface area (Å²) >= 11 is 3.82. The third-order valence-electron chi connectivity index (χ3n) is 13.3. The quantitative estimate of drug-likeness (QED) is 0.157. The summed E-state index contributed by atoms with van der Waals surface area (Å²) in [7, 11) is 0. The van der Waals surface area contributed by atoms with Gasteiger partial charge in [-0.2, -0.15) is 0 Å². The normalized spacial score (nSPS) is 13.4. The lowest BCUT2D eigenvalue weighted by molar-refractivity contribution is 0.660. The highest BCUT2D eigenvalue weighted by Gasteiger charge is 2.35. The highest BCUT2D eigenvalue weighted by Crippen LogP contribution is 2.52. The lowest BCUT2D eigenvalue weighted by Gasteiger charge is -2.22. The average molecular weight is 785 g/mol. The van der Waals surface area contributed by atoms with E-state index in [1.807, 2.05) is 22.7 Å². The highest BCUT2D eigenvalue weighted by atomic mass is 32.1. The molecule has 0 amide bonds. The van der Waals surface area contributed by atoms with E-state index < -0.39 is 0 Å². The first-order chi connectivity index (χ1) is 29.0. The summed E-state index contributed by atoms with van der Waals surface area (Å²) in [6.45, 7) is 4.71. The highest BCUT2D eigenvalue weighted by molar-refractivity contribution is 7.27. The van der Waals surface area contributed by atoms with Gasteiger partial charge in [-0.15, -0.1) is 22.7 Å². The minimum Gasteiger partial charge on any atom is -0.135 e. The van der Waals surface area contributed by atoms with E-state index in [0.29, 0.717) is 0 Å². The lowest BCUT2D eigenvalue weighted by atomic mass is 9.81. The van der Waals surface area contributed by atoms with E-state index in [4.69, 9.17) is 0 Å². The molecule has 13 rings (SSSR count). The van der Waals surface area contributed by atoms with E-state index in [1.165, 1.54) is 128 Å². The zero-order chi connectivity index (χ0) is 39.0. The summed E-state index contributed by atoms with van der Waals surface area (Å²) in [6.07, 6.45) is 0. The molecule has 0 spiro atoms. The molecule has 2 aromatic heterocycles. The van der Waals surface area contributed by atoms with E-state index in [0.717, 1.165) is 0 Å². The predicted octanol–water partition coefficient (Wildman–Crippen LogP) is 17.2. The number of benzene rings is 10. The van der Waals surface area contributed by atoms with Gasteiger partial charge in [-0.1, -0.05) is 166 Å². The third kappa shape index (κ3) is 4.70. The van der Waals surface area contributed by atoms with Gasteiger partial charge >= 0.3 is 0 Å². The zero-order valence-electron chi connectivity index (χ0n) is 32.6. The van der Waals surface area contributed by atoms with Crippen molar-refractivity contribution in [2.75, 3.05) is 0 Å². The summed E-state index contributed by atoms with van der Waals surface area (Å²) < 4.78 is 5.40. The van der Waals surface area contributed by atoms with Gasteiger partial charge in [0.2, 0.25) is 0 Å². The van der Waals surface area contributed by atoms with Crippen LogP contribution in [0.4, 0.5) is 0 Å². The van der Waals surface area contributed by atoms with Gasteiger partial charge in [-0.3, -0.25) is 0 Å². The first-order valence-corrected chi connectivity index (χ1v) is 22.1. The second-order valence-electron chi connectivity index (χ2n) is 16.7. The van der Waals surface area contributed by atoms with Crippen molar-refractivity contribution in [2.24, 2.45) is 0 Å². The molecule has 0 saturated carbocycles. The number of hydrogen-bond acceptors (Lipinski definition) is 2. The molecular weight excluding hydrogens is 749 g/mol. The van der Waals surface area contributed by atoms with E-state index >= 15 is 0 Å². The Morgan fingerprint density at radius 1 is 0.305 bits per heavy atom. The summed E-state index contributed by atoms with van der Waals surface area (Å²) in [5.41, 5.74) is 13.1. The molecule has 0 radical (unpaired) electrons. The van der Waals surface area contributed by atoms with Crippen LogP contribution in [0.25, 0.3) is 117 Å². The van der Waals surface area contributed by atoms with Crippen LogP contribution >= 0.6 is 22.7 Å². The zero-order valence-corrected chi connectivity index (χ0v) is 34.3. The van der Waals surface area contributed by atoms with Crippen LogP contribution in [0, 0.1) is 0 Å². The fourth-order valence-electron chi connectivity index (χ4n) is 10.5. The van der Waals surface area contributed by atoms with Gasteiger partial charge in [0.1, 0.15) is 0 Å². The van der Waals surface area contributed by atoms with Crippen LogP contribution in [-0.2, 0) is 5.41 Å². The van der Waals surface area contributed by atoms with Crippen LogP contribution < -0.4 is 0 Å². The van der Waals surface area contributed by atoms with Crippen LogP contribution in [0.5, 0.6) is 0 Å². The van der Waals surface area contributed by atoms with Crippen molar-refractivity contribution in [3.05, 3.63) is 193 Å². The van der Waals surface area contributed by atoms with Gasteiger partial charge in [0.25, 0.3) is 0 Å². The molecule has 0 saturated heterocycles. The second-order valence-corrected chi connectivity index (χ2v) is 18.9. The average Bonchev–Trinajstić information content (AvgIpc) is 3.91. The standard InChI is InChI=1S/C57H36S2/c1-57(2)48-21-11-9-14-37(48)45-29-35(27-28-49(45)57)55-42-19-7-5-17-40(42)54(41-18-6-8-20-43(41)55)34-25-23-33(24-26-34)44-30-53-56(39-16-4-3-13-36(39)44)47-32-51-46(31-52(47)59-53)38-15-10-12-22-50(38)58-51/h3-32H,1-2H3. The van der Waals surface area contributed by atoms with Crippen molar-refractivity contribution in [1.82, 2.24) is 0 Å². The molecular formula is C57H36S2. The van der Waals surface area contributed by atoms with Crippen molar-refractivity contribution in [3.8, 4) is 44.5 Å². The maximum Gasteiger partial charge on any atom is 0.0368 e. The fraction of sp³-hybridized carbons (Fsp3) is 0.0526. The Morgan fingerprint density at radius 3 is 1.54 bits per heavy atom. The third-order valence-corrected chi connectivity index (χ3v) is 15.5. The molecule has 0 aliphatic heterocycles. The van der Waals surface area contributed by atoms with Crippen molar-refractivity contribution >= 4 is 95.3 Å². The number of rotatable bonds is 3. The molecule has 0 bridgehead atoms. The largest absolute Gasteiger partial charge is 0.135 e. The van der Waals surface area contributed by atoms with Crippen LogP contribution in [0.15, 0.2) is 182 Å². The maximum absolute atomic E-state index is 2.45. The van der Waals surface area contributed by atoms with Gasteiger partial charge in [0, 0.05) is 45.8 Å². The SMILES string of the molecule is CC1(C)c2ccccc2-c2cc(-c3c4ccccc4c(-c4ccc(-c5cc6sc7cc8c(cc7c6c6ccccc56)sc5ccccc58)cc4)c4ccccc34)ccc21. The molecule has 2 heteroatoms. The first-order valence-electron chi connectivity index (χ1n) is 20.5. The monoisotopic (exact) mass is 784 g/mol. The Labute approximate surface area is 350 Å². The molecule has 0 fully saturated rings. The van der Waals surface area contributed by atoms with Gasteiger partial charge in [-0.25, -0.2) is 0 Å². The smallest absolute Gasteiger partial charge is 0.0368 e. The summed E-state index contributed by atoms with van der Waals surface area (Å²) in [4.78, 5) is 0. The molecule has 0 unspecified atom stereocenters. The molecule has 59 heavy (non-hydrogen) atoms. The molecule has 0 N–H and O–H groups in total. The summed E-state index contributed by atoms with van der Waals surface area (Å²) in [6, 6.07) is 68.7. The van der Waals surface area contributed by atoms with Crippen LogP contribution in [0.1, 0.15) is 25.0 Å². The predicted molar refractivity (Wildman–Crippen MR) is 259 cm³/mol. The van der Waals surface area contributed by atoms with Crippen molar-refractivity contribution < 1.29 is 0 Å². The molecule has 0 atom stereocenters. The summed E-state index contributed by atoms with van der Waals surface area (Å²) in [5.74, 6) is 0. The second kappa shape index (κ2) is 12.2. The topological polar surface area (TPSA) is 0 Å². The van der Waals surface area contributed by atoms with Gasteiger partial charge in [0.05, 0.1) is 0 Å². The van der Waals surface area contributed by atoms with Gasteiger partial charge < -0.3 is 0 Å². The minimum atomic E-state index is -0.0205. The van der Waals surface area contributed by atoms with Crippen molar-refractivity contribution in [3.63, 3.8) is 0 Å². The molecule has 2 heterocycles. The Balaban J connectivity index is 0.973. The first kappa shape index (κ1) is 33.4. The maximum atomic E-state index is 2.45. The molecule has 1 aliphatic carbocycles. The van der Waals surface area contributed by atoms with Crippen molar-refractivity contribution in [2.45, 2.75) is 19.3 Å². The van der Waals surface area contributed by atoms with Gasteiger partial charge in [0.15, 0.2) is 0 Å². The van der Waals surface area contributed by atoms with E-state index in [1.54, 1.807) is 0 Å². The van der Waals surface area contributed by atoms with Crippen molar-refractivity contribution in [1.29, 1.82) is 0 Å². The minimum absolute atomic E-state index is 0.0205. The van der Waals surface area contributed by atoms with E-state index in [2.05, 4.69) is 196 Å². The summed E-state index contributed by atoms with van der Waals surface area (Å²) in [5, 5.41) is 13.2. The Kier molecular flexibility index (Phi) is 6.92.